The lowest BCUT2D eigenvalue weighted by Crippen LogP contribution is -2.38. The average Bonchev–Trinajstić information content (AvgIpc) is 2.59. The molecule has 2 aromatic rings. The minimum Gasteiger partial charge on any atom is -0.307 e. The summed E-state index contributed by atoms with van der Waals surface area (Å²) >= 11 is 3.49. The summed E-state index contributed by atoms with van der Waals surface area (Å²) in [6, 6.07) is 17.4. The molecule has 0 heterocycles. The van der Waals surface area contributed by atoms with E-state index in [4.69, 9.17) is 0 Å². The second kappa shape index (κ2) is 8.85. The molecule has 122 valence electrons. The van der Waals surface area contributed by atoms with Crippen molar-refractivity contribution in [1.82, 2.24) is 4.90 Å². The number of anilines is 1. The number of rotatable bonds is 7. The first-order valence-electron chi connectivity index (χ1n) is 8.00. The maximum absolute atomic E-state index is 12.9. The lowest BCUT2D eigenvalue weighted by molar-refractivity contribution is 0.0984. The minimum absolute atomic E-state index is 0.0378. The molecular weight excluding hydrogens is 352 g/mol. The molecule has 2 rings (SSSR count). The van der Waals surface area contributed by atoms with Crippen molar-refractivity contribution in [2.75, 3.05) is 31.1 Å². The standard InChI is InChI=1S/C19H23BrN2O/c1-3-21(4-2)13-14-22(18-12-8-11-17(20)15-18)19(23)16-9-6-5-7-10-16/h5-12,15H,3-4,13-14H2,1-2H3. The summed E-state index contributed by atoms with van der Waals surface area (Å²) in [6.45, 7) is 7.80. The Morgan fingerprint density at radius 3 is 2.26 bits per heavy atom. The zero-order chi connectivity index (χ0) is 16.7. The molecule has 0 aliphatic heterocycles. The lowest BCUT2D eigenvalue weighted by atomic mass is 10.1. The Hall–Kier alpha value is -1.65. The molecule has 4 heteroatoms. The van der Waals surface area contributed by atoms with Crippen LogP contribution < -0.4 is 4.90 Å². The molecule has 0 saturated heterocycles. The molecule has 0 spiro atoms. The number of hydrogen-bond acceptors (Lipinski definition) is 2. The van der Waals surface area contributed by atoms with E-state index in [1.807, 2.05) is 59.5 Å². The molecule has 1 amide bonds. The molecule has 0 aliphatic carbocycles. The zero-order valence-electron chi connectivity index (χ0n) is 13.7. The molecule has 0 bridgehead atoms. The van der Waals surface area contributed by atoms with Crippen LogP contribution >= 0.6 is 15.9 Å². The van der Waals surface area contributed by atoms with Crippen molar-refractivity contribution in [1.29, 1.82) is 0 Å². The number of hydrogen-bond donors (Lipinski definition) is 0. The Morgan fingerprint density at radius 1 is 0.957 bits per heavy atom. The highest BCUT2D eigenvalue weighted by Gasteiger charge is 2.18. The van der Waals surface area contributed by atoms with Crippen LogP contribution in [-0.2, 0) is 0 Å². The first kappa shape index (κ1) is 17.7. The summed E-state index contributed by atoms with van der Waals surface area (Å²) in [5.74, 6) is 0.0378. The van der Waals surface area contributed by atoms with Gasteiger partial charge in [-0.05, 0) is 43.4 Å². The van der Waals surface area contributed by atoms with Crippen molar-refractivity contribution in [2.45, 2.75) is 13.8 Å². The Labute approximate surface area is 147 Å². The summed E-state index contributed by atoms with van der Waals surface area (Å²) in [5, 5.41) is 0. The molecule has 0 unspecified atom stereocenters. The topological polar surface area (TPSA) is 23.6 Å². The van der Waals surface area contributed by atoms with Crippen molar-refractivity contribution in [3.8, 4) is 0 Å². The third kappa shape index (κ3) is 4.91. The zero-order valence-corrected chi connectivity index (χ0v) is 15.3. The van der Waals surface area contributed by atoms with E-state index in [1.54, 1.807) is 0 Å². The molecular formula is C19H23BrN2O. The molecule has 0 fully saturated rings. The maximum atomic E-state index is 12.9. The third-order valence-corrected chi connectivity index (χ3v) is 4.41. The summed E-state index contributed by atoms with van der Waals surface area (Å²) in [7, 11) is 0. The van der Waals surface area contributed by atoms with Crippen molar-refractivity contribution in [3.05, 3.63) is 64.6 Å². The van der Waals surface area contributed by atoms with Gasteiger partial charge in [-0.1, -0.05) is 54.0 Å². The maximum Gasteiger partial charge on any atom is 0.258 e. The van der Waals surface area contributed by atoms with Crippen LogP contribution in [0.1, 0.15) is 24.2 Å². The van der Waals surface area contributed by atoms with E-state index < -0.39 is 0 Å². The number of likely N-dealkylation sites (N-methyl/N-ethyl adjacent to an activating group) is 1. The third-order valence-electron chi connectivity index (χ3n) is 3.92. The largest absolute Gasteiger partial charge is 0.307 e. The van der Waals surface area contributed by atoms with Crippen LogP contribution in [0, 0.1) is 0 Å². The van der Waals surface area contributed by atoms with Gasteiger partial charge >= 0.3 is 0 Å². The highest BCUT2D eigenvalue weighted by atomic mass is 79.9. The Bertz CT molecular complexity index is 626. The Balaban J connectivity index is 2.26. The number of amides is 1. The summed E-state index contributed by atoms with van der Waals surface area (Å²) < 4.78 is 0.976. The number of carbonyl (C=O) groups excluding carboxylic acids is 1. The van der Waals surface area contributed by atoms with Crippen LogP contribution in [0.15, 0.2) is 59.1 Å². The lowest BCUT2D eigenvalue weighted by Gasteiger charge is -2.27. The van der Waals surface area contributed by atoms with Gasteiger partial charge in [-0.3, -0.25) is 4.79 Å². The van der Waals surface area contributed by atoms with Gasteiger partial charge in [0.2, 0.25) is 0 Å². The normalized spacial score (nSPS) is 10.8. The van der Waals surface area contributed by atoms with Gasteiger partial charge in [0, 0.05) is 28.8 Å². The molecule has 0 saturated carbocycles. The van der Waals surface area contributed by atoms with E-state index in [0.717, 1.165) is 29.8 Å². The van der Waals surface area contributed by atoms with Crippen LogP contribution in [-0.4, -0.2) is 37.0 Å². The fourth-order valence-corrected chi connectivity index (χ4v) is 2.90. The SMILES string of the molecule is CCN(CC)CCN(C(=O)c1ccccc1)c1cccc(Br)c1. The average molecular weight is 375 g/mol. The predicted octanol–water partition coefficient (Wildman–Crippen LogP) is 4.44. The summed E-state index contributed by atoms with van der Waals surface area (Å²) in [6.07, 6.45) is 0. The van der Waals surface area contributed by atoms with E-state index in [1.165, 1.54) is 0 Å². The molecule has 0 aliphatic rings. The van der Waals surface area contributed by atoms with Crippen molar-refractivity contribution < 1.29 is 4.79 Å². The van der Waals surface area contributed by atoms with Crippen LogP contribution in [0.5, 0.6) is 0 Å². The second-order valence-electron chi connectivity index (χ2n) is 5.33. The van der Waals surface area contributed by atoms with Gasteiger partial charge in [-0.15, -0.1) is 0 Å². The first-order valence-corrected chi connectivity index (χ1v) is 8.79. The Kier molecular flexibility index (Phi) is 6.81. The van der Waals surface area contributed by atoms with Crippen LogP contribution in [0.2, 0.25) is 0 Å². The highest BCUT2D eigenvalue weighted by Crippen LogP contribution is 2.22. The number of nitrogens with zero attached hydrogens (tertiary/aromatic N) is 2. The van der Waals surface area contributed by atoms with Gasteiger partial charge in [0.15, 0.2) is 0 Å². The van der Waals surface area contributed by atoms with Crippen LogP contribution in [0.4, 0.5) is 5.69 Å². The molecule has 0 aromatic heterocycles. The van der Waals surface area contributed by atoms with Gasteiger partial charge in [0.25, 0.3) is 5.91 Å². The van der Waals surface area contributed by atoms with Gasteiger partial charge in [-0.2, -0.15) is 0 Å². The number of halogens is 1. The molecule has 23 heavy (non-hydrogen) atoms. The fraction of sp³-hybridized carbons (Fsp3) is 0.316. The van der Waals surface area contributed by atoms with Crippen LogP contribution in [0.3, 0.4) is 0 Å². The van der Waals surface area contributed by atoms with Crippen LogP contribution in [0.25, 0.3) is 0 Å². The molecule has 2 aromatic carbocycles. The quantitative estimate of drug-likeness (QED) is 0.715. The van der Waals surface area contributed by atoms with Gasteiger partial charge in [0.1, 0.15) is 0 Å². The second-order valence-corrected chi connectivity index (χ2v) is 6.25. The molecule has 0 N–H and O–H groups in total. The van der Waals surface area contributed by atoms with E-state index >= 15 is 0 Å². The van der Waals surface area contributed by atoms with E-state index in [0.29, 0.717) is 12.1 Å². The van der Waals surface area contributed by atoms with Gasteiger partial charge in [-0.25, -0.2) is 0 Å². The van der Waals surface area contributed by atoms with Crippen molar-refractivity contribution >= 4 is 27.5 Å². The van der Waals surface area contributed by atoms with E-state index in [2.05, 4.69) is 34.7 Å². The summed E-state index contributed by atoms with van der Waals surface area (Å²) in [5.41, 5.74) is 1.63. The number of benzene rings is 2. The van der Waals surface area contributed by atoms with Crippen molar-refractivity contribution in [2.24, 2.45) is 0 Å². The van der Waals surface area contributed by atoms with Gasteiger partial charge in [0.05, 0.1) is 0 Å². The minimum atomic E-state index is 0.0378. The van der Waals surface area contributed by atoms with E-state index in [-0.39, 0.29) is 5.91 Å². The molecule has 0 radical (unpaired) electrons. The monoisotopic (exact) mass is 374 g/mol. The first-order chi connectivity index (χ1) is 11.2. The number of carbonyl (C=O) groups is 1. The predicted molar refractivity (Wildman–Crippen MR) is 100 cm³/mol. The fourth-order valence-electron chi connectivity index (χ4n) is 2.51. The molecule has 3 nitrogen and oxygen atoms in total. The summed E-state index contributed by atoms with van der Waals surface area (Å²) in [4.78, 5) is 17.1. The smallest absolute Gasteiger partial charge is 0.258 e. The van der Waals surface area contributed by atoms with E-state index in [9.17, 15) is 4.79 Å². The van der Waals surface area contributed by atoms with Gasteiger partial charge < -0.3 is 9.80 Å². The van der Waals surface area contributed by atoms with Crippen molar-refractivity contribution in [3.63, 3.8) is 0 Å². The molecule has 0 atom stereocenters. The Morgan fingerprint density at radius 2 is 1.65 bits per heavy atom. The highest BCUT2D eigenvalue weighted by molar-refractivity contribution is 9.10.